The van der Waals surface area contributed by atoms with Crippen LogP contribution in [0.25, 0.3) is 72.6 Å². The smallest absolute Gasteiger partial charge is 0.145 e. The molecule has 0 saturated carbocycles. The molecule has 3 heteroatoms. The van der Waals surface area contributed by atoms with Gasteiger partial charge in [0.1, 0.15) is 5.82 Å². The highest BCUT2D eigenvalue weighted by Crippen LogP contribution is 2.56. The lowest BCUT2D eigenvalue weighted by atomic mass is 9.79. The van der Waals surface area contributed by atoms with Gasteiger partial charge in [0, 0.05) is 22.1 Å². The minimum absolute atomic E-state index is 0.107. The third-order valence-electron chi connectivity index (χ3n) is 11.8. The Morgan fingerprint density at radius 3 is 1.62 bits per heavy atom. The van der Waals surface area contributed by atoms with Crippen LogP contribution in [0.1, 0.15) is 55.5 Å². The van der Waals surface area contributed by atoms with Gasteiger partial charge in [-0.3, -0.25) is 4.57 Å². The molecule has 1 aromatic heterocycles. The first-order chi connectivity index (χ1) is 25.7. The normalized spacial score (nSPS) is 14.3. The second kappa shape index (κ2) is 11.2. The van der Waals surface area contributed by atoms with Crippen LogP contribution >= 0.6 is 0 Å². The van der Waals surface area contributed by atoms with Crippen molar-refractivity contribution in [2.45, 2.75) is 38.5 Å². The van der Waals surface area contributed by atoms with Crippen LogP contribution < -0.4 is 0 Å². The van der Waals surface area contributed by atoms with Crippen LogP contribution in [0.2, 0.25) is 0 Å². The molecular weight excluding hydrogens is 643 g/mol. The van der Waals surface area contributed by atoms with Crippen LogP contribution in [0, 0.1) is 11.3 Å². The van der Waals surface area contributed by atoms with Crippen molar-refractivity contribution in [3.63, 3.8) is 0 Å². The molecule has 0 aliphatic heterocycles. The molecule has 0 fully saturated rings. The first-order valence-electron chi connectivity index (χ1n) is 18.4. The summed E-state index contributed by atoms with van der Waals surface area (Å²) in [6.45, 7) is 9.51. The summed E-state index contributed by atoms with van der Waals surface area (Å²) < 4.78 is 2.19. The number of hydrogen-bond donors (Lipinski definition) is 0. The summed E-state index contributed by atoms with van der Waals surface area (Å²) in [7, 11) is 0. The van der Waals surface area contributed by atoms with Crippen molar-refractivity contribution in [1.29, 1.82) is 5.26 Å². The lowest BCUT2D eigenvalue weighted by molar-refractivity contribution is 0.652. The fourth-order valence-electron chi connectivity index (χ4n) is 8.97. The molecule has 10 rings (SSSR count). The van der Waals surface area contributed by atoms with E-state index in [2.05, 4.69) is 154 Å². The molecule has 7 aromatic carbocycles. The molecule has 1 heterocycles. The highest BCUT2D eigenvalue weighted by atomic mass is 15.1. The Morgan fingerprint density at radius 1 is 0.472 bits per heavy atom. The number of imidazole rings is 1. The Hall–Kier alpha value is -6.50. The van der Waals surface area contributed by atoms with Gasteiger partial charge in [-0.05, 0) is 127 Å². The van der Waals surface area contributed by atoms with E-state index in [0.29, 0.717) is 5.56 Å². The number of fused-ring (bicyclic) bond motifs is 7. The van der Waals surface area contributed by atoms with Gasteiger partial charge in [-0.25, -0.2) is 4.98 Å². The first-order valence-corrected chi connectivity index (χ1v) is 18.4. The molecule has 0 radical (unpaired) electrons. The van der Waals surface area contributed by atoms with Crippen LogP contribution in [-0.2, 0) is 10.8 Å². The first kappa shape index (κ1) is 31.3. The maximum Gasteiger partial charge on any atom is 0.145 e. The number of aromatic nitrogens is 2. The minimum atomic E-state index is -0.163. The summed E-state index contributed by atoms with van der Waals surface area (Å²) in [5, 5.41) is 9.60. The zero-order chi connectivity index (χ0) is 36.1. The topological polar surface area (TPSA) is 41.6 Å². The molecule has 3 nitrogen and oxygen atoms in total. The SMILES string of the molecule is CC1(C)c2cc(-c3ccccc3)ccc2-c2cc3c(cc21)-c1ccc(-c2cccc(-c4nc5cc(C#N)ccc5n4-c4ccccc4)c2)cc1C3(C)C. The largest absolute Gasteiger partial charge is 0.292 e. The molecule has 0 spiro atoms. The fourth-order valence-corrected chi connectivity index (χ4v) is 8.97. The zero-order valence-electron chi connectivity index (χ0n) is 30.3. The lowest BCUT2D eigenvalue weighted by Gasteiger charge is -2.24. The summed E-state index contributed by atoms with van der Waals surface area (Å²) in [4.78, 5) is 5.10. The number of hydrogen-bond acceptors (Lipinski definition) is 2. The second-order valence-electron chi connectivity index (χ2n) is 15.6. The van der Waals surface area contributed by atoms with E-state index in [0.717, 1.165) is 33.7 Å². The molecule has 2 aliphatic rings. The summed E-state index contributed by atoms with van der Waals surface area (Å²) in [6, 6.07) is 56.8. The molecule has 8 aromatic rings. The molecule has 0 bridgehead atoms. The van der Waals surface area contributed by atoms with Gasteiger partial charge in [0.15, 0.2) is 0 Å². The van der Waals surface area contributed by atoms with Gasteiger partial charge in [-0.15, -0.1) is 0 Å². The van der Waals surface area contributed by atoms with Crippen LogP contribution in [0.3, 0.4) is 0 Å². The molecule has 2 aliphatic carbocycles. The highest BCUT2D eigenvalue weighted by molar-refractivity contribution is 5.92. The quantitative estimate of drug-likeness (QED) is 0.186. The molecule has 0 amide bonds. The van der Waals surface area contributed by atoms with Crippen LogP contribution in [0.4, 0.5) is 0 Å². The fraction of sp³-hybridized carbons (Fsp3) is 0.120. The molecule has 252 valence electrons. The van der Waals surface area contributed by atoms with Gasteiger partial charge in [-0.2, -0.15) is 5.26 Å². The Morgan fingerprint density at radius 2 is 1.00 bits per heavy atom. The standard InChI is InChI=1S/C50H37N3/c1-49(2)42-26-34(32-12-7-5-8-13-32)19-21-38(42)40-28-45-41(29-44(40)49)39-22-20-35(27-43(39)50(45,3)4)33-14-11-15-36(25-33)48-52-46-24-31(30-51)18-23-47(46)53(48)37-16-9-6-10-17-37/h5-29H,1-4H3. The Balaban J connectivity index is 1.06. The minimum Gasteiger partial charge on any atom is -0.292 e. The van der Waals surface area contributed by atoms with E-state index in [-0.39, 0.29) is 10.8 Å². The molecule has 53 heavy (non-hydrogen) atoms. The van der Waals surface area contributed by atoms with Crippen LogP contribution in [-0.4, -0.2) is 9.55 Å². The number of nitriles is 1. The van der Waals surface area contributed by atoms with Gasteiger partial charge in [0.25, 0.3) is 0 Å². The number of nitrogens with zero attached hydrogens (tertiary/aromatic N) is 3. The Labute approximate surface area is 310 Å². The van der Waals surface area contributed by atoms with Crippen molar-refractivity contribution < 1.29 is 0 Å². The van der Waals surface area contributed by atoms with E-state index in [9.17, 15) is 5.26 Å². The maximum atomic E-state index is 9.60. The Bertz CT molecular complexity index is 2830. The summed E-state index contributed by atoms with van der Waals surface area (Å²) in [5.41, 5.74) is 20.0. The van der Waals surface area contributed by atoms with Crippen molar-refractivity contribution in [3.8, 4) is 67.7 Å². The molecule has 0 atom stereocenters. The van der Waals surface area contributed by atoms with Gasteiger partial charge < -0.3 is 0 Å². The maximum absolute atomic E-state index is 9.60. The van der Waals surface area contributed by atoms with Gasteiger partial charge >= 0.3 is 0 Å². The van der Waals surface area contributed by atoms with Crippen molar-refractivity contribution in [2.75, 3.05) is 0 Å². The van der Waals surface area contributed by atoms with Crippen molar-refractivity contribution in [3.05, 3.63) is 179 Å². The van der Waals surface area contributed by atoms with Crippen LogP contribution in [0.5, 0.6) is 0 Å². The Kier molecular flexibility index (Phi) is 6.63. The summed E-state index contributed by atoms with van der Waals surface area (Å²) in [5.74, 6) is 0.852. The summed E-state index contributed by atoms with van der Waals surface area (Å²) in [6.07, 6.45) is 0. The number of rotatable bonds is 4. The summed E-state index contributed by atoms with van der Waals surface area (Å²) >= 11 is 0. The van der Waals surface area contributed by atoms with Gasteiger partial charge in [0.05, 0.1) is 22.7 Å². The third kappa shape index (κ3) is 4.62. The number of para-hydroxylation sites is 1. The average Bonchev–Trinajstić information content (AvgIpc) is 3.77. The van der Waals surface area contributed by atoms with E-state index in [4.69, 9.17) is 4.98 Å². The van der Waals surface area contributed by atoms with E-state index in [1.807, 2.05) is 36.4 Å². The van der Waals surface area contributed by atoms with E-state index >= 15 is 0 Å². The van der Waals surface area contributed by atoms with Crippen molar-refractivity contribution >= 4 is 11.0 Å². The predicted molar refractivity (Wildman–Crippen MR) is 217 cm³/mol. The zero-order valence-corrected chi connectivity index (χ0v) is 30.3. The van der Waals surface area contributed by atoms with Gasteiger partial charge in [-0.1, -0.05) is 119 Å². The molecular formula is C50H37N3. The van der Waals surface area contributed by atoms with E-state index in [1.165, 1.54) is 61.2 Å². The molecule has 0 unspecified atom stereocenters. The lowest BCUT2D eigenvalue weighted by Crippen LogP contribution is -2.17. The monoisotopic (exact) mass is 679 g/mol. The van der Waals surface area contributed by atoms with Crippen molar-refractivity contribution in [2.24, 2.45) is 0 Å². The molecule has 0 N–H and O–H groups in total. The van der Waals surface area contributed by atoms with Gasteiger partial charge in [0.2, 0.25) is 0 Å². The van der Waals surface area contributed by atoms with E-state index < -0.39 is 0 Å². The van der Waals surface area contributed by atoms with Crippen LogP contribution in [0.15, 0.2) is 152 Å². The van der Waals surface area contributed by atoms with Crippen molar-refractivity contribution in [1.82, 2.24) is 9.55 Å². The van der Waals surface area contributed by atoms with E-state index in [1.54, 1.807) is 0 Å². The third-order valence-corrected chi connectivity index (χ3v) is 11.8. The average molecular weight is 680 g/mol. The highest BCUT2D eigenvalue weighted by Gasteiger charge is 2.41. The molecule has 0 saturated heterocycles. The second-order valence-corrected chi connectivity index (χ2v) is 15.6. The predicted octanol–water partition coefficient (Wildman–Crippen LogP) is 12.5. The number of benzene rings is 7.